The van der Waals surface area contributed by atoms with Crippen LogP contribution in [0.4, 0.5) is 5.69 Å². The lowest BCUT2D eigenvalue weighted by molar-refractivity contribution is 0.203. The predicted molar refractivity (Wildman–Crippen MR) is 69.0 cm³/mol. The van der Waals surface area contributed by atoms with Crippen molar-refractivity contribution >= 4 is 15.7 Å². The maximum Gasteiger partial charge on any atom is 0.238 e. The van der Waals surface area contributed by atoms with Crippen LogP contribution in [0.1, 0.15) is 0 Å². The summed E-state index contributed by atoms with van der Waals surface area (Å²) in [6.07, 6.45) is 0. The molecule has 0 aliphatic heterocycles. The van der Waals surface area contributed by atoms with Gasteiger partial charge in [-0.05, 0) is 24.3 Å². The molecule has 0 aromatic heterocycles. The molecule has 6 nitrogen and oxygen atoms in total. The van der Waals surface area contributed by atoms with E-state index in [9.17, 15) is 8.42 Å². The third-order valence-electron chi connectivity index (χ3n) is 2.47. The zero-order valence-electron chi connectivity index (χ0n) is 10.2. The maximum absolute atomic E-state index is 11.1. The highest BCUT2D eigenvalue weighted by Crippen LogP contribution is 2.16. The van der Waals surface area contributed by atoms with Gasteiger partial charge in [0.2, 0.25) is 10.0 Å². The molecule has 0 radical (unpaired) electrons. The molecule has 0 fully saturated rings. The Hall–Kier alpha value is -1.15. The minimum Gasteiger partial charge on any atom is -0.395 e. The minimum atomic E-state index is -3.67. The summed E-state index contributed by atoms with van der Waals surface area (Å²) in [5.41, 5.74) is 0.813. The molecule has 0 aliphatic carbocycles. The molecule has 1 aromatic rings. The van der Waals surface area contributed by atoms with E-state index in [1.165, 1.54) is 12.1 Å². The van der Waals surface area contributed by atoms with Crippen molar-refractivity contribution in [2.24, 2.45) is 5.14 Å². The van der Waals surface area contributed by atoms with Crippen molar-refractivity contribution < 1.29 is 18.3 Å². The molecule has 0 spiro atoms. The molecular weight excluding hydrogens is 256 g/mol. The first kappa shape index (κ1) is 14.9. The van der Waals surface area contributed by atoms with Crippen LogP contribution in [-0.2, 0) is 14.8 Å². The molecule has 102 valence electrons. The van der Waals surface area contributed by atoms with Crippen molar-refractivity contribution in [2.75, 3.05) is 38.3 Å². The van der Waals surface area contributed by atoms with Gasteiger partial charge < -0.3 is 14.7 Å². The molecule has 1 aromatic carbocycles. The van der Waals surface area contributed by atoms with Crippen molar-refractivity contribution in [2.45, 2.75) is 4.90 Å². The summed E-state index contributed by atoms with van der Waals surface area (Å²) in [4.78, 5) is 1.97. The Morgan fingerprint density at radius 1 is 1.28 bits per heavy atom. The summed E-state index contributed by atoms with van der Waals surface area (Å²) in [7, 11) is -2.07. The van der Waals surface area contributed by atoms with E-state index in [2.05, 4.69) is 0 Å². The van der Waals surface area contributed by atoms with Crippen LogP contribution in [0.3, 0.4) is 0 Å². The third-order valence-corrected chi connectivity index (χ3v) is 3.39. The van der Waals surface area contributed by atoms with Gasteiger partial charge in [-0.3, -0.25) is 0 Å². The van der Waals surface area contributed by atoms with Crippen LogP contribution >= 0.6 is 0 Å². The number of ether oxygens (including phenoxy) is 1. The Morgan fingerprint density at radius 3 is 2.33 bits per heavy atom. The second-order valence-corrected chi connectivity index (χ2v) is 5.30. The smallest absolute Gasteiger partial charge is 0.238 e. The predicted octanol–water partition coefficient (Wildman–Crippen LogP) is -0.221. The van der Waals surface area contributed by atoms with Crippen molar-refractivity contribution in [3.8, 4) is 0 Å². The van der Waals surface area contributed by atoms with Gasteiger partial charge in [0.25, 0.3) is 0 Å². The van der Waals surface area contributed by atoms with E-state index in [-0.39, 0.29) is 11.5 Å². The largest absolute Gasteiger partial charge is 0.395 e. The first-order chi connectivity index (χ1) is 8.49. The number of methoxy groups -OCH3 is 1. The molecule has 0 bridgehead atoms. The second-order valence-electron chi connectivity index (χ2n) is 3.74. The van der Waals surface area contributed by atoms with E-state index in [0.29, 0.717) is 19.7 Å². The van der Waals surface area contributed by atoms with Gasteiger partial charge in [-0.25, -0.2) is 13.6 Å². The van der Waals surface area contributed by atoms with Crippen LogP contribution in [0.15, 0.2) is 29.2 Å². The fourth-order valence-electron chi connectivity index (χ4n) is 1.54. The molecule has 0 heterocycles. The number of sulfonamides is 1. The average molecular weight is 274 g/mol. The van der Waals surface area contributed by atoms with Crippen LogP contribution in [0.5, 0.6) is 0 Å². The van der Waals surface area contributed by atoms with E-state index in [0.717, 1.165) is 5.69 Å². The summed E-state index contributed by atoms with van der Waals surface area (Å²) >= 11 is 0. The van der Waals surface area contributed by atoms with Crippen LogP contribution < -0.4 is 10.0 Å². The number of rotatable bonds is 7. The highest BCUT2D eigenvalue weighted by atomic mass is 32.2. The van der Waals surface area contributed by atoms with E-state index >= 15 is 0 Å². The van der Waals surface area contributed by atoms with Gasteiger partial charge in [0.15, 0.2) is 0 Å². The van der Waals surface area contributed by atoms with Gasteiger partial charge in [0, 0.05) is 25.9 Å². The van der Waals surface area contributed by atoms with Gasteiger partial charge in [-0.1, -0.05) is 0 Å². The Balaban J connectivity index is 2.86. The van der Waals surface area contributed by atoms with E-state index in [1.807, 2.05) is 4.90 Å². The Labute approximate surface area is 107 Å². The van der Waals surface area contributed by atoms with Crippen LogP contribution in [-0.4, -0.2) is 46.9 Å². The normalized spacial score (nSPS) is 11.5. The van der Waals surface area contributed by atoms with Crippen molar-refractivity contribution in [1.82, 2.24) is 0 Å². The van der Waals surface area contributed by atoms with Gasteiger partial charge in [0.1, 0.15) is 0 Å². The SMILES string of the molecule is COCCN(CCO)c1ccc(S(N)(=O)=O)cc1. The Bertz CT molecular complexity index is 458. The number of benzene rings is 1. The molecule has 3 N–H and O–H groups in total. The quantitative estimate of drug-likeness (QED) is 0.717. The number of nitrogens with two attached hydrogens (primary N) is 1. The monoisotopic (exact) mass is 274 g/mol. The highest BCUT2D eigenvalue weighted by Gasteiger charge is 2.09. The first-order valence-corrected chi connectivity index (χ1v) is 7.01. The average Bonchev–Trinajstić information content (AvgIpc) is 2.33. The molecule has 0 saturated heterocycles. The fraction of sp³-hybridized carbons (Fsp3) is 0.455. The fourth-order valence-corrected chi connectivity index (χ4v) is 2.05. The molecule has 0 aliphatic rings. The summed E-state index contributed by atoms with van der Waals surface area (Å²) < 4.78 is 27.2. The topological polar surface area (TPSA) is 92.9 Å². The molecule has 7 heteroatoms. The Morgan fingerprint density at radius 2 is 1.89 bits per heavy atom. The molecule has 0 atom stereocenters. The number of anilines is 1. The van der Waals surface area contributed by atoms with Crippen molar-refractivity contribution in [1.29, 1.82) is 0 Å². The number of primary sulfonamides is 1. The molecule has 1 rings (SSSR count). The van der Waals surface area contributed by atoms with Crippen LogP contribution in [0.2, 0.25) is 0 Å². The minimum absolute atomic E-state index is 0.0145. The van der Waals surface area contributed by atoms with Crippen molar-refractivity contribution in [3.05, 3.63) is 24.3 Å². The summed E-state index contributed by atoms with van der Waals surface area (Å²) in [6, 6.07) is 6.21. The third kappa shape index (κ3) is 4.26. The van der Waals surface area contributed by atoms with Crippen molar-refractivity contribution in [3.63, 3.8) is 0 Å². The molecular formula is C11H18N2O4S. The lowest BCUT2D eigenvalue weighted by atomic mass is 10.3. The van der Waals surface area contributed by atoms with E-state index in [4.69, 9.17) is 15.0 Å². The molecule has 0 saturated carbocycles. The molecule has 0 amide bonds. The zero-order chi connectivity index (χ0) is 13.6. The van der Waals surface area contributed by atoms with Gasteiger partial charge in [-0.2, -0.15) is 0 Å². The molecule has 0 unspecified atom stereocenters. The van der Waals surface area contributed by atoms with Gasteiger partial charge in [0.05, 0.1) is 18.1 Å². The number of nitrogens with zero attached hydrogens (tertiary/aromatic N) is 1. The standard InChI is InChI=1S/C11H18N2O4S/c1-17-9-7-13(6-8-14)10-2-4-11(5-3-10)18(12,15)16/h2-5,14H,6-9H2,1H3,(H2,12,15,16). The van der Waals surface area contributed by atoms with E-state index < -0.39 is 10.0 Å². The number of hydrogen-bond acceptors (Lipinski definition) is 5. The lowest BCUT2D eigenvalue weighted by Crippen LogP contribution is -2.30. The second kappa shape index (κ2) is 6.69. The number of hydrogen-bond donors (Lipinski definition) is 2. The number of aliphatic hydroxyl groups excluding tert-OH is 1. The van der Waals surface area contributed by atoms with Gasteiger partial charge in [-0.15, -0.1) is 0 Å². The lowest BCUT2D eigenvalue weighted by Gasteiger charge is -2.23. The summed E-state index contributed by atoms with van der Waals surface area (Å²) in [5.74, 6) is 0. The molecule has 18 heavy (non-hydrogen) atoms. The Kier molecular flexibility index (Phi) is 5.54. The summed E-state index contributed by atoms with van der Waals surface area (Å²) in [5, 5.41) is 14.0. The van der Waals surface area contributed by atoms with Crippen LogP contribution in [0.25, 0.3) is 0 Å². The first-order valence-electron chi connectivity index (χ1n) is 5.46. The maximum atomic E-state index is 11.1. The van der Waals surface area contributed by atoms with E-state index in [1.54, 1.807) is 19.2 Å². The number of aliphatic hydroxyl groups is 1. The van der Waals surface area contributed by atoms with Crippen LogP contribution in [0, 0.1) is 0 Å². The highest BCUT2D eigenvalue weighted by molar-refractivity contribution is 7.89. The zero-order valence-corrected chi connectivity index (χ0v) is 11.1. The summed E-state index contributed by atoms with van der Waals surface area (Å²) in [6.45, 7) is 1.61. The van der Waals surface area contributed by atoms with Gasteiger partial charge >= 0.3 is 0 Å².